The summed E-state index contributed by atoms with van der Waals surface area (Å²) < 4.78 is 5.19. The summed E-state index contributed by atoms with van der Waals surface area (Å²) in [5, 5.41) is 30.0. The molecule has 2 aromatic carbocycles. The van der Waals surface area contributed by atoms with Crippen LogP contribution in [0.25, 0.3) is 11.6 Å². The van der Waals surface area contributed by atoms with Gasteiger partial charge in [-0.1, -0.05) is 29.8 Å². The van der Waals surface area contributed by atoms with Gasteiger partial charge in [0.25, 0.3) is 0 Å². The van der Waals surface area contributed by atoms with Crippen LogP contribution in [0.2, 0.25) is 0 Å². The summed E-state index contributed by atoms with van der Waals surface area (Å²) in [6.07, 6.45) is 4.11. The second-order valence-electron chi connectivity index (χ2n) is 6.55. The number of cyclic esters (lactones) is 1. The van der Waals surface area contributed by atoms with Crippen LogP contribution in [0.1, 0.15) is 30.5 Å². The molecular weight excluding hydrogens is 344 g/mol. The second-order valence-corrected chi connectivity index (χ2v) is 6.55. The predicted octanol–water partition coefficient (Wildman–Crippen LogP) is 4.47. The van der Waals surface area contributed by atoms with Gasteiger partial charge in [-0.3, -0.25) is 0 Å². The van der Waals surface area contributed by atoms with Crippen LogP contribution >= 0.6 is 0 Å². The number of carbonyl (C=O) groups excluding carboxylic acids is 1. The van der Waals surface area contributed by atoms with Crippen LogP contribution in [-0.2, 0) is 16.0 Å². The number of esters is 1. The Morgan fingerprint density at radius 1 is 1.07 bits per heavy atom. The monoisotopic (exact) mass is 364 g/mol. The van der Waals surface area contributed by atoms with Crippen molar-refractivity contribution in [2.45, 2.75) is 20.3 Å². The molecule has 0 amide bonds. The Labute approximate surface area is 157 Å². The van der Waals surface area contributed by atoms with Crippen LogP contribution in [-0.4, -0.2) is 21.3 Å². The highest BCUT2D eigenvalue weighted by Gasteiger charge is 2.31. The van der Waals surface area contributed by atoms with Gasteiger partial charge in [-0.15, -0.1) is 0 Å². The second kappa shape index (κ2) is 7.41. The molecule has 1 aliphatic rings. The maximum Gasteiger partial charge on any atom is 0.348 e. The van der Waals surface area contributed by atoms with E-state index in [1.807, 2.05) is 19.9 Å². The molecule has 1 aliphatic heterocycles. The fraction of sp³-hybridized carbons (Fsp3) is 0.136. The summed E-state index contributed by atoms with van der Waals surface area (Å²) in [5.74, 6) is -0.784. The molecule has 0 bridgehead atoms. The van der Waals surface area contributed by atoms with E-state index in [1.54, 1.807) is 30.3 Å². The number of aliphatic hydroxyl groups excluding tert-OH is 1. The molecule has 0 saturated heterocycles. The van der Waals surface area contributed by atoms with Crippen molar-refractivity contribution in [1.29, 1.82) is 0 Å². The lowest BCUT2D eigenvalue weighted by atomic mass is 10.0. The van der Waals surface area contributed by atoms with Gasteiger partial charge < -0.3 is 20.1 Å². The van der Waals surface area contributed by atoms with E-state index in [1.165, 1.54) is 18.2 Å². The lowest BCUT2D eigenvalue weighted by Crippen LogP contribution is -1.98. The molecule has 0 aliphatic carbocycles. The third kappa shape index (κ3) is 4.03. The molecule has 5 nitrogen and oxygen atoms in total. The van der Waals surface area contributed by atoms with Gasteiger partial charge in [0, 0.05) is 0 Å². The minimum absolute atomic E-state index is 0.000642. The topological polar surface area (TPSA) is 87.0 Å². The lowest BCUT2D eigenvalue weighted by molar-refractivity contribution is -0.131. The Hall–Kier alpha value is -3.47. The number of phenols is 2. The summed E-state index contributed by atoms with van der Waals surface area (Å²) in [7, 11) is 0. The third-order valence-corrected chi connectivity index (χ3v) is 4.14. The summed E-state index contributed by atoms with van der Waals surface area (Å²) in [4.78, 5) is 12.2. The van der Waals surface area contributed by atoms with E-state index < -0.39 is 5.97 Å². The molecule has 3 rings (SSSR count). The van der Waals surface area contributed by atoms with E-state index in [9.17, 15) is 20.1 Å². The van der Waals surface area contributed by atoms with Gasteiger partial charge in [-0.05, 0) is 67.3 Å². The molecule has 1 heterocycles. The van der Waals surface area contributed by atoms with E-state index in [0.29, 0.717) is 17.5 Å². The Morgan fingerprint density at radius 3 is 2.56 bits per heavy atom. The van der Waals surface area contributed by atoms with Gasteiger partial charge in [-0.25, -0.2) is 4.79 Å². The van der Waals surface area contributed by atoms with E-state index in [2.05, 4.69) is 0 Å². The van der Waals surface area contributed by atoms with Crippen LogP contribution in [0.3, 0.4) is 0 Å². The van der Waals surface area contributed by atoms with E-state index in [-0.39, 0.29) is 28.6 Å². The first-order chi connectivity index (χ1) is 12.8. The van der Waals surface area contributed by atoms with Crippen LogP contribution in [0.4, 0.5) is 0 Å². The zero-order chi connectivity index (χ0) is 19.6. The minimum atomic E-state index is -0.687. The number of benzene rings is 2. The zero-order valence-electron chi connectivity index (χ0n) is 15.1. The third-order valence-electron chi connectivity index (χ3n) is 4.14. The molecule has 3 N–H and O–H groups in total. The Bertz CT molecular complexity index is 992. The fourth-order valence-corrected chi connectivity index (χ4v) is 2.76. The largest absolute Gasteiger partial charge is 0.508 e. The maximum atomic E-state index is 12.2. The first kappa shape index (κ1) is 18.3. The highest BCUT2D eigenvalue weighted by molar-refractivity contribution is 6.21. The van der Waals surface area contributed by atoms with Gasteiger partial charge in [0.2, 0.25) is 0 Å². The molecule has 0 saturated carbocycles. The molecule has 27 heavy (non-hydrogen) atoms. The number of carbonyl (C=O) groups is 1. The molecule has 0 unspecified atom stereocenters. The van der Waals surface area contributed by atoms with Crippen molar-refractivity contribution in [3.8, 4) is 11.5 Å². The Kier molecular flexibility index (Phi) is 5.03. The van der Waals surface area contributed by atoms with Crippen molar-refractivity contribution in [3.63, 3.8) is 0 Å². The van der Waals surface area contributed by atoms with Crippen molar-refractivity contribution >= 4 is 17.6 Å². The molecule has 0 spiro atoms. The molecule has 0 fully saturated rings. The van der Waals surface area contributed by atoms with Crippen LogP contribution < -0.4 is 0 Å². The molecule has 0 radical (unpaired) electrons. The highest BCUT2D eigenvalue weighted by atomic mass is 16.6. The van der Waals surface area contributed by atoms with E-state index in [4.69, 9.17) is 4.74 Å². The van der Waals surface area contributed by atoms with Crippen LogP contribution in [0.15, 0.2) is 65.6 Å². The van der Waals surface area contributed by atoms with Crippen molar-refractivity contribution < 1.29 is 24.9 Å². The number of aromatic hydroxyl groups is 2. The zero-order valence-corrected chi connectivity index (χ0v) is 15.1. The number of hydrogen-bond acceptors (Lipinski definition) is 5. The van der Waals surface area contributed by atoms with Crippen molar-refractivity contribution in [2.24, 2.45) is 0 Å². The molecule has 5 heteroatoms. The fourth-order valence-electron chi connectivity index (χ4n) is 2.76. The normalized spacial score (nSPS) is 15.2. The smallest absolute Gasteiger partial charge is 0.348 e. The number of rotatable bonds is 4. The standard InChI is InChI=1S/C22H20O5/c1-13(2)6-8-15-10-14(7-9-18(15)24)11-19-21(25)20(22(26)27-19)16-4-3-5-17(23)12-16/h3-7,9-12,23-25H,8H2,1-2H3. The van der Waals surface area contributed by atoms with Gasteiger partial charge in [0.15, 0.2) is 11.5 Å². The molecular formula is C22H20O5. The lowest BCUT2D eigenvalue weighted by Gasteiger charge is -2.05. The van der Waals surface area contributed by atoms with Gasteiger partial charge in [-0.2, -0.15) is 0 Å². The first-order valence-corrected chi connectivity index (χ1v) is 8.47. The molecule has 2 aromatic rings. The predicted molar refractivity (Wildman–Crippen MR) is 103 cm³/mol. The first-order valence-electron chi connectivity index (χ1n) is 8.47. The number of ether oxygens (including phenoxy) is 1. The van der Waals surface area contributed by atoms with Crippen molar-refractivity contribution in [1.82, 2.24) is 0 Å². The average molecular weight is 364 g/mol. The molecule has 138 valence electrons. The van der Waals surface area contributed by atoms with E-state index >= 15 is 0 Å². The SMILES string of the molecule is CC(C)=CCc1cc(C=C2OC(=O)C(c3cccc(O)c3)=C2O)ccc1O. The number of phenolic OH excluding ortho intramolecular Hbond substituents is 2. The number of allylic oxidation sites excluding steroid dienone is 2. The Morgan fingerprint density at radius 2 is 1.85 bits per heavy atom. The average Bonchev–Trinajstić information content (AvgIpc) is 2.88. The van der Waals surface area contributed by atoms with Gasteiger partial charge >= 0.3 is 5.97 Å². The Balaban J connectivity index is 1.97. The summed E-state index contributed by atoms with van der Waals surface area (Å²) in [5.41, 5.74) is 2.92. The molecule has 0 aromatic heterocycles. The summed E-state index contributed by atoms with van der Waals surface area (Å²) in [6.45, 7) is 3.96. The molecule has 0 atom stereocenters. The number of aliphatic hydroxyl groups is 1. The van der Waals surface area contributed by atoms with Crippen molar-refractivity contribution in [2.75, 3.05) is 0 Å². The maximum absolute atomic E-state index is 12.2. The quantitative estimate of drug-likeness (QED) is 0.550. The van der Waals surface area contributed by atoms with Gasteiger partial charge in [0.1, 0.15) is 17.1 Å². The minimum Gasteiger partial charge on any atom is -0.508 e. The van der Waals surface area contributed by atoms with Crippen molar-refractivity contribution in [3.05, 3.63) is 82.3 Å². The number of hydrogen-bond donors (Lipinski definition) is 3. The van der Waals surface area contributed by atoms with E-state index in [0.717, 1.165) is 11.1 Å². The van der Waals surface area contributed by atoms with Crippen LogP contribution in [0.5, 0.6) is 11.5 Å². The highest BCUT2D eigenvalue weighted by Crippen LogP contribution is 2.34. The summed E-state index contributed by atoms with van der Waals surface area (Å²) >= 11 is 0. The van der Waals surface area contributed by atoms with Gasteiger partial charge in [0.05, 0.1) is 0 Å². The summed E-state index contributed by atoms with van der Waals surface area (Å²) in [6, 6.07) is 11.0. The van der Waals surface area contributed by atoms with Crippen LogP contribution in [0, 0.1) is 0 Å².